The molecule has 4 heteroatoms. The number of hydrogen-bond donors (Lipinski definition) is 1. The van der Waals surface area contributed by atoms with Crippen LogP contribution in [-0.4, -0.2) is 54.6 Å². The molecule has 0 aliphatic carbocycles. The topological polar surface area (TPSA) is 41.9 Å². The second-order valence-electron chi connectivity index (χ2n) is 6.21. The van der Waals surface area contributed by atoms with Gasteiger partial charge in [-0.15, -0.1) is 0 Å². The number of morpholine rings is 1. The second kappa shape index (κ2) is 7.25. The number of nitrogens with zero attached hydrogens (tertiary/aromatic N) is 1. The maximum absolute atomic E-state index is 10.2. The third-order valence-corrected chi connectivity index (χ3v) is 3.74. The van der Waals surface area contributed by atoms with E-state index in [-0.39, 0.29) is 12.2 Å². The summed E-state index contributed by atoms with van der Waals surface area (Å²) in [6, 6.07) is 6.12. The van der Waals surface area contributed by atoms with Gasteiger partial charge in [-0.2, -0.15) is 0 Å². The van der Waals surface area contributed by atoms with Crippen LogP contribution in [0.5, 0.6) is 5.75 Å². The molecule has 0 unspecified atom stereocenters. The highest BCUT2D eigenvalue weighted by atomic mass is 16.5. The Bertz CT molecular complexity index is 453. The fraction of sp³-hybridized carbons (Fsp3) is 0.647. The average Bonchev–Trinajstić information content (AvgIpc) is 2.38. The van der Waals surface area contributed by atoms with Gasteiger partial charge in [-0.1, -0.05) is 12.1 Å². The highest BCUT2D eigenvalue weighted by Gasteiger charge is 2.23. The predicted octanol–water partition coefficient (Wildman–Crippen LogP) is 2.15. The Morgan fingerprint density at radius 3 is 2.62 bits per heavy atom. The number of ether oxygens (including phenoxy) is 2. The van der Waals surface area contributed by atoms with E-state index in [1.54, 1.807) is 0 Å². The molecular formula is C17H27NO3. The Morgan fingerprint density at radius 2 is 1.95 bits per heavy atom. The quantitative estimate of drug-likeness (QED) is 0.903. The first kappa shape index (κ1) is 16.3. The number of β-amino-alcohol motifs (C(OH)–C–C–N with tert-alkyl or cyclic N) is 1. The molecule has 0 spiro atoms. The molecule has 1 aliphatic rings. The molecule has 1 saturated heterocycles. The zero-order chi connectivity index (χ0) is 15.4. The Kier molecular flexibility index (Phi) is 5.62. The van der Waals surface area contributed by atoms with Gasteiger partial charge in [0.1, 0.15) is 18.5 Å². The van der Waals surface area contributed by atoms with Crippen molar-refractivity contribution >= 4 is 0 Å². The summed E-state index contributed by atoms with van der Waals surface area (Å²) in [7, 11) is 0. The number of aliphatic hydroxyl groups is 1. The maximum atomic E-state index is 10.2. The fourth-order valence-electron chi connectivity index (χ4n) is 2.83. The first-order chi connectivity index (χ1) is 9.94. The fourth-order valence-corrected chi connectivity index (χ4v) is 2.83. The third-order valence-electron chi connectivity index (χ3n) is 3.74. The number of rotatable bonds is 5. The normalized spacial score (nSPS) is 24.8. The Labute approximate surface area is 127 Å². The summed E-state index contributed by atoms with van der Waals surface area (Å²) in [6.07, 6.45) is -0.0378. The Morgan fingerprint density at radius 1 is 1.29 bits per heavy atom. The minimum Gasteiger partial charge on any atom is -0.491 e. The largest absolute Gasteiger partial charge is 0.491 e. The Hall–Kier alpha value is -1.10. The summed E-state index contributed by atoms with van der Waals surface area (Å²) >= 11 is 0. The minimum atomic E-state index is -0.484. The van der Waals surface area contributed by atoms with E-state index >= 15 is 0 Å². The van der Waals surface area contributed by atoms with Crippen LogP contribution in [0, 0.1) is 13.8 Å². The van der Waals surface area contributed by atoms with Crippen LogP contribution in [0.4, 0.5) is 0 Å². The van der Waals surface area contributed by atoms with Gasteiger partial charge in [-0.05, 0) is 44.9 Å². The van der Waals surface area contributed by atoms with Gasteiger partial charge in [-0.3, -0.25) is 4.90 Å². The molecule has 4 nitrogen and oxygen atoms in total. The zero-order valence-electron chi connectivity index (χ0n) is 13.5. The van der Waals surface area contributed by atoms with Crippen LogP contribution >= 0.6 is 0 Å². The van der Waals surface area contributed by atoms with E-state index in [4.69, 9.17) is 9.47 Å². The molecule has 1 N–H and O–H groups in total. The first-order valence-corrected chi connectivity index (χ1v) is 7.70. The highest BCUT2D eigenvalue weighted by Crippen LogP contribution is 2.19. The lowest BCUT2D eigenvalue weighted by molar-refractivity contribution is -0.0786. The molecule has 0 radical (unpaired) electrons. The van der Waals surface area contributed by atoms with Crippen molar-refractivity contribution in [3.63, 3.8) is 0 Å². The van der Waals surface area contributed by atoms with E-state index in [1.807, 2.05) is 26.0 Å². The third kappa shape index (κ3) is 4.99. The summed E-state index contributed by atoms with van der Waals surface area (Å²) in [4.78, 5) is 2.25. The molecule has 1 fully saturated rings. The summed E-state index contributed by atoms with van der Waals surface area (Å²) < 4.78 is 11.5. The van der Waals surface area contributed by atoms with Crippen molar-refractivity contribution < 1.29 is 14.6 Å². The van der Waals surface area contributed by atoms with Crippen LogP contribution in [0.1, 0.15) is 25.0 Å². The van der Waals surface area contributed by atoms with Gasteiger partial charge >= 0.3 is 0 Å². The minimum absolute atomic E-state index is 0.223. The van der Waals surface area contributed by atoms with Crippen LogP contribution in [0.15, 0.2) is 18.2 Å². The molecule has 2 rings (SSSR count). The van der Waals surface area contributed by atoms with E-state index in [0.29, 0.717) is 13.2 Å². The van der Waals surface area contributed by atoms with E-state index in [2.05, 4.69) is 24.8 Å². The molecule has 0 aromatic heterocycles. The standard InChI is InChI=1S/C17H27NO3/c1-12-5-6-13(2)17(7-12)20-11-16(19)10-18-8-14(3)21-15(4)9-18/h5-7,14-16,19H,8-11H2,1-4H3/t14-,15-,16+/m1/s1. The van der Waals surface area contributed by atoms with E-state index < -0.39 is 6.10 Å². The van der Waals surface area contributed by atoms with Gasteiger partial charge in [0.2, 0.25) is 0 Å². The van der Waals surface area contributed by atoms with Gasteiger partial charge < -0.3 is 14.6 Å². The molecule has 118 valence electrons. The van der Waals surface area contributed by atoms with Gasteiger partial charge in [-0.25, -0.2) is 0 Å². The van der Waals surface area contributed by atoms with Crippen molar-refractivity contribution in [1.82, 2.24) is 4.90 Å². The molecule has 1 aliphatic heterocycles. The van der Waals surface area contributed by atoms with Crippen LogP contribution in [-0.2, 0) is 4.74 Å². The van der Waals surface area contributed by atoms with Crippen molar-refractivity contribution in [3.05, 3.63) is 29.3 Å². The lowest BCUT2D eigenvalue weighted by Gasteiger charge is -2.36. The van der Waals surface area contributed by atoms with Gasteiger partial charge in [0.15, 0.2) is 0 Å². The summed E-state index contributed by atoms with van der Waals surface area (Å²) in [5, 5.41) is 10.2. The van der Waals surface area contributed by atoms with Gasteiger partial charge in [0, 0.05) is 19.6 Å². The second-order valence-corrected chi connectivity index (χ2v) is 6.21. The molecular weight excluding hydrogens is 266 g/mol. The van der Waals surface area contributed by atoms with Crippen LogP contribution in [0.3, 0.4) is 0 Å². The SMILES string of the molecule is Cc1ccc(C)c(OC[C@@H](O)CN2C[C@@H](C)O[C@H](C)C2)c1. The lowest BCUT2D eigenvalue weighted by Crippen LogP contribution is -2.48. The predicted molar refractivity (Wildman–Crippen MR) is 83.9 cm³/mol. The number of hydrogen-bond acceptors (Lipinski definition) is 4. The highest BCUT2D eigenvalue weighted by molar-refractivity contribution is 5.35. The molecule has 0 bridgehead atoms. The van der Waals surface area contributed by atoms with Crippen LogP contribution < -0.4 is 4.74 Å². The molecule has 3 atom stereocenters. The monoisotopic (exact) mass is 293 g/mol. The molecule has 1 aromatic rings. The van der Waals surface area contributed by atoms with E-state index in [9.17, 15) is 5.11 Å². The van der Waals surface area contributed by atoms with Crippen molar-refractivity contribution in [2.75, 3.05) is 26.2 Å². The average molecular weight is 293 g/mol. The molecule has 1 heterocycles. The molecule has 0 saturated carbocycles. The van der Waals surface area contributed by atoms with Crippen molar-refractivity contribution in [1.29, 1.82) is 0 Å². The zero-order valence-corrected chi connectivity index (χ0v) is 13.5. The van der Waals surface area contributed by atoms with Crippen molar-refractivity contribution in [2.24, 2.45) is 0 Å². The van der Waals surface area contributed by atoms with Crippen LogP contribution in [0.25, 0.3) is 0 Å². The smallest absolute Gasteiger partial charge is 0.122 e. The maximum Gasteiger partial charge on any atom is 0.122 e. The van der Waals surface area contributed by atoms with Gasteiger partial charge in [0.25, 0.3) is 0 Å². The van der Waals surface area contributed by atoms with Crippen molar-refractivity contribution in [2.45, 2.75) is 46.0 Å². The van der Waals surface area contributed by atoms with E-state index in [1.165, 1.54) is 5.56 Å². The first-order valence-electron chi connectivity index (χ1n) is 7.70. The van der Waals surface area contributed by atoms with E-state index in [0.717, 1.165) is 24.4 Å². The van der Waals surface area contributed by atoms with Crippen LogP contribution in [0.2, 0.25) is 0 Å². The van der Waals surface area contributed by atoms with Crippen molar-refractivity contribution in [3.8, 4) is 5.75 Å². The molecule has 21 heavy (non-hydrogen) atoms. The molecule has 0 amide bonds. The number of benzene rings is 1. The summed E-state index contributed by atoms with van der Waals surface area (Å²) in [5.41, 5.74) is 2.27. The number of aliphatic hydroxyl groups excluding tert-OH is 1. The lowest BCUT2D eigenvalue weighted by atomic mass is 10.1. The molecule has 1 aromatic carbocycles. The van der Waals surface area contributed by atoms with Gasteiger partial charge in [0.05, 0.1) is 12.2 Å². The number of aryl methyl sites for hydroxylation is 2. The summed E-state index contributed by atoms with van der Waals surface area (Å²) in [6.45, 7) is 10.9. The summed E-state index contributed by atoms with van der Waals surface area (Å²) in [5.74, 6) is 0.859. The Balaban J connectivity index is 1.81.